The van der Waals surface area contributed by atoms with Crippen LogP contribution in [0, 0.1) is 24.1 Å². The van der Waals surface area contributed by atoms with Gasteiger partial charge in [0.25, 0.3) is 0 Å². The van der Waals surface area contributed by atoms with Crippen molar-refractivity contribution >= 4 is 0 Å². The van der Waals surface area contributed by atoms with Gasteiger partial charge in [0, 0.05) is 0 Å². The number of halogens is 1. The lowest BCUT2D eigenvalue weighted by atomic mass is 9.65. The predicted molar refractivity (Wildman–Crippen MR) is 81.1 cm³/mol. The fourth-order valence-corrected chi connectivity index (χ4v) is 3.53. The van der Waals surface area contributed by atoms with Crippen LogP contribution in [-0.2, 0) is 5.60 Å². The van der Waals surface area contributed by atoms with Crippen LogP contribution in [0.5, 0.6) is 0 Å². The second-order valence-electron chi connectivity index (χ2n) is 7.11. The number of hydrogen-bond acceptors (Lipinski definition) is 1. The van der Waals surface area contributed by atoms with E-state index in [1.165, 1.54) is 12.1 Å². The standard InChI is InChI=1S/C18H27FO/c1-5-17(3,4)14-8-10-18(20,11-9-14)16-12-15(19)7-6-13(16)2/h6-7,12,14,20H,5,8-11H2,1-4H3. The molecule has 20 heavy (non-hydrogen) atoms. The Morgan fingerprint density at radius 1 is 1.30 bits per heavy atom. The van der Waals surface area contributed by atoms with Crippen molar-refractivity contribution in [2.75, 3.05) is 0 Å². The Bertz CT molecular complexity index is 470. The number of rotatable bonds is 3. The Morgan fingerprint density at radius 2 is 1.90 bits per heavy atom. The summed E-state index contributed by atoms with van der Waals surface area (Å²) in [5.74, 6) is 0.400. The summed E-state index contributed by atoms with van der Waals surface area (Å²) in [6.45, 7) is 8.82. The van der Waals surface area contributed by atoms with E-state index in [0.29, 0.717) is 11.3 Å². The summed E-state index contributed by atoms with van der Waals surface area (Å²) in [7, 11) is 0. The van der Waals surface area contributed by atoms with E-state index in [4.69, 9.17) is 0 Å². The third-order valence-electron chi connectivity index (χ3n) is 5.53. The highest BCUT2D eigenvalue weighted by molar-refractivity contribution is 5.32. The first-order chi connectivity index (χ1) is 9.28. The largest absolute Gasteiger partial charge is 0.385 e. The van der Waals surface area contributed by atoms with Gasteiger partial charge in [-0.2, -0.15) is 0 Å². The molecule has 1 fully saturated rings. The molecule has 2 rings (SSSR count). The summed E-state index contributed by atoms with van der Waals surface area (Å²) in [5, 5.41) is 10.9. The van der Waals surface area contributed by atoms with Crippen molar-refractivity contribution in [3.63, 3.8) is 0 Å². The van der Waals surface area contributed by atoms with E-state index in [2.05, 4.69) is 20.8 Å². The molecule has 1 nitrogen and oxygen atoms in total. The SMILES string of the molecule is CCC(C)(C)C1CCC(O)(c2cc(F)ccc2C)CC1. The van der Waals surface area contributed by atoms with Crippen molar-refractivity contribution in [3.8, 4) is 0 Å². The first-order valence-corrected chi connectivity index (χ1v) is 7.77. The highest BCUT2D eigenvalue weighted by atomic mass is 19.1. The van der Waals surface area contributed by atoms with Crippen LogP contribution in [-0.4, -0.2) is 5.11 Å². The maximum atomic E-state index is 13.5. The summed E-state index contributed by atoms with van der Waals surface area (Å²) in [4.78, 5) is 0. The molecule has 0 unspecified atom stereocenters. The number of benzene rings is 1. The van der Waals surface area contributed by atoms with Crippen LogP contribution in [0.15, 0.2) is 18.2 Å². The van der Waals surface area contributed by atoms with Gasteiger partial charge in [0.2, 0.25) is 0 Å². The molecule has 112 valence electrons. The molecule has 0 aromatic heterocycles. The van der Waals surface area contributed by atoms with Crippen LogP contribution >= 0.6 is 0 Å². The summed E-state index contributed by atoms with van der Waals surface area (Å²) in [5.41, 5.74) is 1.26. The van der Waals surface area contributed by atoms with E-state index in [0.717, 1.165) is 43.2 Å². The van der Waals surface area contributed by atoms with Crippen LogP contribution in [0.2, 0.25) is 0 Å². The zero-order valence-corrected chi connectivity index (χ0v) is 13.2. The van der Waals surface area contributed by atoms with Crippen LogP contribution in [0.25, 0.3) is 0 Å². The minimum Gasteiger partial charge on any atom is -0.385 e. The van der Waals surface area contributed by atoms with E-state index in [-0.39, 0.29) is 5.82 Å². The first-order valence-electron chi connectivity index (χ1n) is 7.77. The van der Waals surface area contributed by atoms with Gasteiger partial charge in [-0.3, -0.25) is 0 Å². The Kier molecular flexibility index (Phi) is 4.24. The molecule has 1 N–H and O–H groups in total. The predicted octanol–water partition coefficient (Wildman–Crippen LogP) is 4.95. The first kappa shape index (κ1) is 15.5. The number of aryl methyl sites for hydroxylation is 1. The Morgan fingerprint density at radius 3 is 2.45 bits per heavy atom. The van der Waals surface area contributed by atoms with Crippen molar-refractivity contribution in [1.82, 2.24) is 0 Å². The maximum Gasteiger partial charge on any atom is 0.123 e. The van der Waals surface area contributed by atoms with Crippen LogP contribution in [0.4, 0.5) is 4.39 Å². The van der Waals surface area contributed by atoms with Crippen molar-refractivity contribution in [2.24, 2.45) is 11.3 Å². The van der Waals surface area contributed by atoms with E-state index in [1.807, 2.05) is 6.92 Å². The monoisotopic (exact) mass is 278 g/mol. The van der Waals surface area contributed by atoms with Gasteiger partial charge < -0.3 is 5.11 Å². The molecule has 0 saturated heterocycles. The second kappa shape index (κ2) is 5.48. The molecule has 0 radical (unpaired) electrons. The number of aliphatic hydroxyl groups is 1. The average molecular weight is 278 g/mol. The summed E-state index contributed by atoms with van der Waals surface area (Å²) >= 11 is 0. The molecule has 1 aromatic carbocycles. The van der Waals surface area contributed by atoms with Gasteiger partial charge in [-0.15, -0.1) is 0 Å². The molecule has 0 bridgehead atoms. The molecule has 1 aromatic rings. The normalized spacial score (nSPS) is 27.6. The zero-order chi connectivity index (χ0) is 15.0. The van der Waals surface area contributed by atoms with Crippen molar-refractivity contribution in [2.45, 2.75) is 65.4 Å². The van der Waals surface area contributed by atoms with Crippen LogP contribution in [0.1, 0.15) is 64.0 Å². The lowest BCUT2D eigenvalue weighted by molar-refractivity contribution is -0.0334. The van der Waals surface area contributed by atoms with Gasteiger partial charge in [0.05, 0.1) is 5.60 Å². The molecule has 2 heteroatoms. The Labute approximate surface area is 122 Å². The van der Waals surface area contributed by atoms with Crippen LogP contribution in [0.3, 0.4) is 0 Å². The van der Waals surface area contributed by atoms with Gasteiger partial charge in [-0.05, 0) is 67.2 Å². The molecule has 0 atom stereocenters. The van der Waals surface area contributed by atoms with Gasteiger partial charge in [-0.25, -0.2) is 4.39 Å². The fraction of sp³-hybridized carbons (Fsp3) is 0.667. The van der Waals surface area contributed by atoms with E-state index in [9.17, 15) is 9.50 Å². The van der Waals surface area contributed by atoms with Gasteiger partial charge in [0.15, 0.2) is 0 Å². The molecule has 0 spiro atoms. The molecular formula is C18H27FO. The topological polar surface area (TPSA) is 20.2 Å². The van der Waals surface area contributed by atoms with Crippen molar-refractivity contribution < 1.29 is 9.50 Å². The smallest absolute Gasteiger partial charge is 0.123 e. The van der Waals surface area contributed by atoms with E-state index in [1.54, 1.807) is 6.07 Å². The minimum absolute atomic E-state index is 0.255. The lowest BCUT2D eigenvalue weighted by Gasteiger charge is -2.43. The van der Waals surface area contributed by atoms with Crippen molar-refractivity contribution in [3.05, 3.63) is 35.1 Å². The molecule has 0 amide bonds. The fourth-order valence-electron chi connectivity index (χ4n) is 3.53. The minimum atomic E-state index is -0.841. The summed E-state index contributed by atoms with van der Waals surface area (Å²) in [6.07, 6.45) is 4.69. The zero-order valence-electron chi connectivity index (χ0n) is 13.2. The Hall–Kier alpha value is -0.890. The quantitative estimate of drug-likeness (QED) is 0.829. The molecule has 0 aliphatic heterocycles. The third-order valence-corrected chi connectivity index (χ3v) is 5.53. The molecular weight excluding hydrogens is 251 g/mol. The number of hydrogen-bond donors (Lipinski definition) is 1. The lowest BCUT2D eigenvalue weighted by Crippen LogP contribution is -2.36. The van der Waals surface area contributed by atoms with Gasteiger partial charge in [0.1, 0.15) is 5.82 Å². The highest BCUT2D eigenvalue weighted by Gasteiger charge is 2.40. The third kappa shape index (κ3) is 2.90. The van der Waals surface area contributed by atoms with Crippen LogP contribution < -0.4 is 0 Å². The maximum absolute atomic E-state index is 13.5. The van der Waals surface area contributed by atoms with E-state index < -0.39 is 5.60 Å². The average Bonchev–Trinajstić information content (AvgIpc) is 2.42. The molecule has 0 heterocycles. The van der Waals surface area contributed by atoms with E-state index >= 15 is 0 Å². The molecule has 1 saturated carbocycles. The Balaban J connectivity index is 2.18. The molecule has 1 aliphatic rings. The molecule has 1 aliphatic carbocycles. The van der Waals surface area contributed by atoms with Crippen molar-refractivity contribution in [1.29, 1.82) is 0 Å². The second-order valence-corrected chi connectivity index (χ2v) is 7.11. The highest BCUT2D eigenvalue weighted by Crippen LogP contribution is 2.47. The summed E-state index contributed by atoms with van der Waals surface area (Å²) < 4.78 is 13.5. The summed E-state index contributed by atoms with van der Waals surface area (Å²) in [6, 6.07) is 4.75. The van der Waals surface area contributed by atoms with Gasteiger partial charge >= 0.3 is 0 Å². The van der Waals surface area contributed by atoms with Gasteiger partial charge in [-0.1, -0.05) is 33.3 Å².